The van der Waals surface area contributed by atoms with Gasteiger partial charge in [0, 0.05) is 65.3 Å². The number of anilines is 1. The Kier molecular flexibility index (Phi) is 11.6. The van der Waals surface area contributed by atoms with E-state index in [0.717, 1.165) is 0 Å². The number of piperidine rings is 1. The molecule has 3 rings (SSSR count). The van der Waals surface area contributed by atoms with Crippen LogP contribution in [0.25, 0.3) is 0 Å². The van der Waals surface area contributed by atoms with Crippen LogP contribution in [0.4, 0.5) is 10.5 Å². The summed E-state index contributed by atoms with van der Waals surface area (Å²) in [6.45, 7) is 11.2. The molecular formula is C31H46N4O9. The summed E-state index contributed by atoms with van der Waals surface area (Å²) in [6.07, 6.45) is -0.0125. The molecule has 0 bridgehead atoms. The number of hydrogen-bond acceptors (Lipinski definition) is 9. The second-order valence-electron chi connectivity index (χ2n) is 11.8. The van der Waals surface area contributed by atoms with Gasteiger partial charge in [0.25, 0.3) is 11.8 Å². The third kappa shape index (κ3) is 7.99. The van der Waals surface area contributed by atoms with Crippen LogP contribution in [-0.4, -0.2) is 104 Å². The average Bonchev–Trinajstić information content (AvgIpc) is 2.98. The zero-order valence-electron chi connectivity index (χ0n) is 27.1. The third-order valence-electron chi connectivity index (χ3n) is 7.80. The predicted molar refractivity (Wildman–Crippen MR) is 161 cm³/mol. The summed E-state index contributed by atoms with van der Waals surface area (Å²) in [5, 5.41) is 2.79. The van der Waals surface area contributed by atoms with Crippen LogP contribution in [0.15, 0.2) is 12.1 Å². The fraction of sp³-hybridized carbons (Fsp3) is 0.645. The van der Waals surface area contributed by atoms with Crippen molar-refractivity contribution < 1.29 is 42.9 Å². The van der Waals surface area contributed by atoms with Gasteiger partial charge in [-0.05, 0) is 44.4 Å². The van der Waals surface area contributed by atoms with E-state index in [9.17, 15) is 24.0 Å². The molecule has 0 spiro atoms. The minimum atomic E-state index is -1.28. The van der Waals surface area contributed by atoms with E-state index in [0.29, 0.717) is 48.4 Å². The molecule has 44 heavy (non-hydrogen) atoms. The van der Waals surface area contributed by atoms with Gasteiger partial charge >= 0.3 is 12.1 Å². The lowest BCUT2D eigenvalue weighted by atomic mass is 9.98. The molecule has 13 nitrogen and oxygen atoms in total. The molecule has 0 saturated carbocycles. The van der Waals surface area contributed by atoms with E-state index in [1.54, 1.807) is 58.7 Å². The quantitative estimate of drug-likeness (QED) is 0.292. The molecule has 0 aromatic heterocycles. The number of rotatable bonds is 11. The Labute approximate surface area is 259 Å². The van der Waals surface area contributed by atoms with Crippen molar-refractivity contribution in [2.24, 2.45) is 5.92 Å². The van der Waals surface area contributed by atoms with Crippen LogP contribution < -0.4 is 15.0 Å². The molecule has 2 aliphatic heterocycles. The zero-order valence-corrected chi connectivity index (χ0v) is 27.1. The fourth-order valence-electron chi connectivity index (χ4n) is 5.23. The Balaban J connectivity index is 1.80. The number of hydrogen-bond donors (Lipinski definition) is 1. The van der Waals surface area contributed by atoms with E-state index in [-0.39, 0.29) is 55.9 Å². The maximum atomic E-state index is 13.9. The predicted octanol–water partition coefficient (Wildman–Crippen LogP) is 2.87. The number of aryl methyl sites for hydroxylation is 1. The molecule has 1 aromatic rings. The van der Waals surface area contributed by atoms with Gasteiger partial charge in [0.1, 0.15) is 5.75 Å². The second kappa shape index (κ2) is 14.7. The van der Waals surface area contributed by atoms with Crippen LogP contribution in [0.5, 0.6) is 5.75 Å². The number of benzene rings is 1. The number of fused-ring (bicyclic) bond motifs is 1. The maximum Gasteiger partial charge on any atom is 0.412 e. The van der Waals surface area contributed by atoms with Crippen molar-refractivity contribution in [2.75, 3.05) is 51.8 Å². The van der Waals surface area contributed by atoms with Crippen LogP contribution in [0, 0.1) is 12.8 Å². The van der Waals surface area contributed by atoms with E-state index in [2.05, 4.69) is 5.32 Å². The number of carbonyl (C=O) groups excluding carboxylic acids is 5. The van der Waals surface area contributed by atoms with Crippen molar-refractivity contribution in [3.8, 4) is 5.75 Å². The lowest BCUT2D eigenvalue weighted by Gasteiger charge is -2.41. The van der Waals surface area contributed by atoms with Crippen LogP contribution in [0.2, 0.25) is 0 Å². The molecule has 3 atom stereocenters. The number of likely N-dealkylation sites (tertiary alicyclic amines) is 1. The van der Waals surface area contributed by atoms with E-state index < -0.39 is 24.0 Å². The molecule has 0 aliphatic carbocycles. The standard InChI is InChI=1S/C31H46N4O9/c1-9-26(36)32-12-14-35-24-16-23(20(4)15-25(24)44-31(6,18-41-8)29(35)39)27(37)33(7)22-11-10-13-34(17-22)30(40)43-21(5)42-28(38)19(2)3/h15-16,19,21-22H,9-14,17-18H2,1-8H3,(H,32,36)/t21?,22-,31+/m1/s1. The van der Waals surface area contributed by atoms with Crippen molar-refractivity contribution in [3.63, 3.8) is 0 Å². The molecular weight excluding hydrogens is 572 g/mol. The van der Waals surface area contributed by atoms with E-state index in [4.69, 9.17) is 18.9 Å². The van der Waals surface area contributed by atoms with Crippen LogP contribution in [0.1, 0.15) is 69.8 Å². The van der Waals surface area contributed by atoms with Crippen LogP contribution in [0.3, 0.4) is 0 Å². The summed E-state index contributed by atoms with van der Waals surface area (Å²) in [5.41, 5.74) is 0.183. The van der Waals surface area contributed by atoms with Gasteiger partial charge in [-0.3, -0.25) is 19.2 Å². The minimum absolute atomic E-state index is 0.0190. The zero-order chi connectivity index (χ0) is 32.8. The first-order valence-corrected chi connectivity index (χ1v) is 15.1. The first kappa shape index (κ1) is 34.6. The summed E-state index contributed by atoms with van der Waals surface area (Å²) >= 11 is 0. The Hall–Kier alpha value is -3.87. The molecule has 4 amide bonds. The van der Waals surface area contributed by atoms with Gasteiger partial charge in [-0.1, -0.05) is 20.8 Å². The molecule has 1 aromatic carbocycles. The van der Waals surface area contributed by atoms with Crippen molar-refractivity contribution in [3.05, 3.63) is 23.3 Å². The first-order chi connectivity index (χ1) is 20.7. The summed E-state index contributed by atoms with van der Waals surface area (Å²) < 4.78 is 21.9. The number of carbonyl (C=O) groups is 5. The van der Waals surface area contributed by atoms with E-state index in [1.807, 2.05) is 0 Å². The lowest BCUT2D eigenvalue weighted by Crippen LogP contribution is -2.58. The van der Waals surface area contributed by atoms with Crippen LogP contribution in [-0.2, 0) is 28.6 Å². The molecule has 1 saturated heterocycles. The van der Waals surface area contributed by atoms with Gasteiger partial charge in [0.2, 0.25) is 17.8 Å². The molecule has 13 heteroatoms. The van der Waals surface area contributed by atoms with Gasteiger partial charge in [-0.15, -0.1) is 0 Å². The van der Waals surface area contributed by atoms with Crippen molar-refractivity contribution in [1.29, 1.82) is 0 Å². The van der Waals surface area contributed by atoms with Gasteiger partial charge in [-0.2, -0.15) is 0 Å². The van der Waals surface area contributed by atoms with E-state index in [1.165, 1.54) is 23.8 Å². The lowest BCUT2D eigenvalue weighted by molar-refractivity contribution is -0.170. The summed E-state index contributed by atoms with van der Waals surface area (Å²) in [7, 11) is 3.17. The highest BCUT2D eigenvalue weighted by Crippen LogP contribution is 2.40. The largest absolute Gasteiger partial charge is 0.473 e. The Bertz CT molecular complexity index is 1250. The molecule has 2 aliphatic rings. The molecule has 1 N–H and O–H groups in total. The van der Waals surface area contributed by atoms with Crippen molar-refractivity contribution in [1.82, 2.24) is 15.1 Å². The smallest absolute Gasteiger partial charge is 0.412 e. The summed E-state index contributed by atoms with van der Waals surface area (Å²) in [6, 6.07) is 3.09. The summed E-state index contributed by atoms with van der Waals surface area (Å²) in [5.74, 6) is -1.14. The molecule has 0 radical (unpaired) electrons. The summed E-state index contributed by atoms with van der Waals surface area (Å²) in [4.78, 5) is 68.6. The second-order valence-corrected chi connectivity index (χ2v) is 11.8. The third-order valence-corrected chi connectivity index (χ3v) is 7.80. The highest BCUT2D eigenvalue weighted by molar-refractivity contribution is 6.05. The normalized spacial score (nSPS) is 20.4. The van der Waals surface area contributed by atoms with Crippen LogP contribution >= 0.6 is 0 Å². The minimum Gasteiger partial charge on any atom is -0.473 e. The first-order valence-electron chi connectivity index (χ1n) is 15.1. The molecule has 2 heterocycles. The average molecular weight is 619 g/mol. The van der Waals surface area contributed by atoms with Gasteiger partial charge in [-0.25, -0.2) is 4.79 Å². The highest BCUT2D eigenvalue weighted by Gasteiger charge is 2.45. The number of likely N-dealkylation sites (N-methyl/N-ethyl adjacent to an activating group) is 1. The number of nitrogens with one attached hydrogen (secondary N) is 1. The number of ether oxygens (including phenoxy) is 4. The molecule has 1 unspecified atom stereocenters. The van der Waals surface area contributed by atoms with Crippen molar-refractivity contribution >= 4 is 35.5 Å². The Morgan fingerprint density at radius 3 is 2.52 bits per heavy atom. The Morgan fingerprint density at radius 2 is 1.89 bits per heavy atom. The number of esters is 1. The number of amides is 4. The maximum absolute atomic E-state index is 13.9. The number of methoxy groups -OCH3 is 1. The van der Waals surface area contributed by atoms with Crippen molar-refractivity contribution in [2.45, 2.75) is 78.7 Å². The van der Waals surface area contributed by atoms with Gasteiger partial charge < -0.3 is 39.0 Å². The fourth-order valence-corrected chi connectivity index (χ4v) is 5.23. The molecule has 1 fully saturated rings. The SMILES string of the molecule is CCC(=O)NCCN1C(=O)[C@](C)(COC)Oc2cc(C)c(C(=O)N(C)[C@@H]3CCCN(C(=O)OC(C)OC(=O)C(C)C)C3)cc21. The van der Waals surface area contributed by atoms with Gasteiger partial charge in [0.15, 0.2) is 0 Å². The van der Waals surface area contributed by atoms with Gasteiger partial charge in [0.05, 0.1) is 18.2 Å². The monoisotopic (exact) mass is 618 g/mol. The topological polar surface area (TPSA) is 144 Å². The van der Waals surface area contributed by atoms with E-state index >= 15 is 0 Å². The highest BCUT2D eigenvalue weighted by atomic mass is 16.7. The Morgan fingerprint density at radius 1 is 1.18 bits per heavy atom. The number of nitrogens with zero attached hydrogens (tertiary/aromatic N) is 3. The molecule has 244 valence electrons.